The van der Waals surface area contributed by atoms with Crippen molar-refractivity contribution in [2.45, 2.75) is 26.3 Å². The summed E-state index contributed by atoms with van der Waals surface area (Å²) in [5.41, 5.74) is 2.41. The average molecular weight is 276 g/mol. The number of likely N-dealkylation sites (tertiary alicyclic amines) is 1. The minimum absolute atomic E-state index is 0.792. The Balaban J connectivity index is 1.88. The van der Waals surface area contributed by atoms with Gasteiger partial charge in [0.1, 0.15) is 0 Å². The third-order valence-corrected chi connectivity index (χ3v) is 3.99. The summed E-state index contributed by atoms with van der Waals surface area (Å²) in [4.78, 5) is 9.23. The van der Waals surface area contributed by atoms with Crippen LogP contribution in [0.25, 0.3) is 0 Å². The standard InChI is InChI=1S/C16H28N4/c1-4-7-17-11-15-10-16(5-8-18-15)20(3)13-14-6-9-19(2)12-14/h5,8,10,14,17H,4,6-7,9,11-13H2,1-3H3. The quantitative estimate of drug-likeness (QED) is 0.772. The van der Waals surface area contributed by atoms with Gasteiger partial charge in [-0.25, -0.2) is 0 Å². The molecule has 1 N–H and O–H groups in total. The van der Waals surface area contributed by atoms with Crippen LogP contribution in [0, 0.1) is 5.92 Å². The van der Waals surface area contributed by atoms with E-state index >= 15 is 0 Å². The third kappa shape index (κ3) is 4.46. The Morgan fingerprint density at radius 3 is 3.05 bits per heavy atom. The van der Waals surface area contributed by atoms with Gasteiger partial charge in [0.05, 0.1) is 5.69 Å². The van der Waals surface area contributed by atoms with Gasteiger partial charge in [-0.2, -0.15) is 0 Å². The van der Waals surface area contributed by atoms with Crippen molar-refractivity contribution >= 4 is 5.69 Å². The predicted molar refractivity (Wildman–Crippen MR) is 85.1 cm³/mol. The normalized spacial score (nSPS) is 19.4. The van der Waals surface area contributed by atoms with Crippen molar-refractivity contribution in [2.75, 3.05) is 45.2 Å². The Hall–Kier alpha value is -1.13. The lowest BCUT2D eigenvalue weighted by Crippen LogP contribution is -2.27. The van der Waals surface area contributed by atoms with E-state index in [1.807, 2.05) is 6.20 Å². The van der Waals surface area contributed by atoms with E-state index < -0.39 is 0 Å². The molecule has 0 spiro atoms. The van der Waals surface area contributed by atoms with Crippen LogP contribution in [0.3, 0.4) is 0 Å². The van der Waals surface area contributed by atoms with Crippen molar-refractivity contribution in [3.63, 3.8) is 0 Å². The molecule has 2 rings (SSSR count). The summed E-state index contributed by atoms with van der Waals surface area (Å²) in [6.45, 7) is 7.69. The van der Waals surface area contributed by atoms with Crippen LogP contribution in [-0.2, 0) is 6.54 Å². The first-order valence-electron chi connectivity index (χ1n) is 7.74. The molecule has 20 heavy (non-hydrogen) atoms. The van der Waals surface area contributed by atoms with Gasteiger partial charge >= 0.3 is 0 Å². The van der Waals surface area contributed by atoms with E-state index in [0.29, 0.717) is 0 Å². The fourth-order valence-corrected chi connectivity index (χ4v) is 2.86. The first-order valence-corrected chi connectivity index (χ1v) is 7.74. The molecule has 1 unspecified atom stereocenters. The van der Waals surface area contributed by atoms with E-state index in [1.165, 1.54) is 25.2 Å². The van der Waals surface area contributed by atoms with Gasteiger partial charge in [0.15, 0.2) is 0 Å². The van der Waals surface area contributed by atoms with E-state index in [4.69, 9.17) is 0 Å². The molecule has 1 saturated heterocycles. The van der Waals surface area contributed by atoms with E-state index in [2.05, 4.69) is 53.3 Å². The van der Waals surface area contributed by atoms with Crippen molar-refractivity contribution in [2.24, 2.45) is 5.92 Å². The van der Waals surface area contributed by atoms with Crippen molar-refractivity contribution in [3.05, 3.63) is 24.0 Å². The van der Waals surface area contributed by atoms with E-state index in [1.54, 1.807) is 0 Å². The van der Waals surface area contributed by atoms with Gasteiger partial charge in [0.2, 0.25) is 0 Å². The first kappa shape index (κ1) is 15.3. The maximum absolute atomic E-state index is 4.44. The fraction of sp³-hybridized carbons (Fsp3) is 0.688. The van der Waals surface area contributed by atoms with Gasteiger partial charge < -0.3 is 15.1 Å². The van der Waals surface area contributed by atoms with Gasteiger partial charge in [-0.15, -0.1) is 0 Å². The molecule has 0 bridgehead atoms. The molecule has 1 aliphatic heterocycles. The highest BCUT2D eigenvalue weighted by molar-refractivity contribution is 5.45. The molecule has 1 fully saturated rings. The van der Waals surface area contributed by atoms with E-state index in [9.17, 15) is 0 Å². The lowest BCUT2D eigenvalue weighted by atomic mass is 10.1. The van der Waals surface area contributed by atoms with Crippen LogP contribution in [0.2, 0.25) is 0 Å². The SMILES string of the molecule is CCCNCc1cc(N(C)CC2CCN(C)C2)ccn1. The second-order valence-corrected chi connectivity index (χ2v) is 5.98. The van der Waals surface area contributed by atoms with Gasteiger partial charge in [0, 0.05) is 38.6 Å². The number of aromatic nitrogens is 1. The lowest BCUT2D eigenvalue weighted by molar-refractivity contribution is 0.396. The molecule has 1 aromatic rings. The molecule has 1 aromatic heterocycles. The topological polar surface area (TPSA) is 31.4 Å². The molecule has 1 aliphatic rings. The Labute approximate surface area is 123 Å². The van der Waals surface area contributed by atoms with Crippen LogP contribution >= 0.6 is 0 Å². The van der Waals surface area contributed by atoms with Crippen molar-refractivity contribution in [1.82, 2.24) is 15.2 Å². The van der Waals surface area contributed by atoms with Crippen LogP contribution in [0.1, 0.15) is 25.5 Å². The number of hydrogen-bond acceptors (Lipinski definition) is 4. The number of nitrogens with zero attached hydrogens (tertiary/aromatic N) is 3. The molecule has 0 amide bonds. The lowest BCUT2D eigenvalue weighted by Gasteiger charge is -2.23. The molecule has 0 saturated carbocycles. The molecule has 2 heterocycles. The predicted octanol–water partition coefficient (Wildman–Crippen LogP) is 1.97. The Bertz CT molecular complexity index is 407. The number of hydrogen-bond donors (Lipinski definition) is 1. The summed E-state index contributed by atoms with van der Waals surface area (Å²) < 4.78 is 0. The monoisotopic (exact) mass is 276 g/mol. The Morgan fingerprint density at radius 1 is 1.50 bits per heavy atom. The maximum Gasteiger partial charge on any atom is 0.0562 e. The number of pyridine rings is 1. The van der Waals surface area contributed by atoms with E-state index in [0.717, 1.165) is 37.7 Å². The zero-order valence-electron chi connectivity index (χ0n) is 13.1. The largest absolute Gasteiger partial charge is 0.374 e. The molecular formula is C16H28N4. The molecule has 0 aromatic carbocycles. The van der Waals surface area contributed by atoms with E-state index in [-0.39, 0.29) is 0 Å². The highest BCUT2D eigenvalue weighted by atomic mass is 15.2. The molecular weight excluding hydrogens is 248 g/mol. The zero-order chi connectivity index (χ0) is 14.4. The highest BCUT2D eigenvalue weighted by Gasteiger charge is 2.20. The minimum atomic E-state index is 0.792. The Kier molecular flexibility index (Phi) is 5.80. The summed E-state index contributed by atoms with van der Waals surface area (Å²) in [6, 6.07) is 4.32. The van der Waals surface area contributed by atoms with Crippen LogP contribution in [0.15, 0.2) is 18.3 Å². The second-order valence-electron chi connectivity index (χ2n) is 5.98. The van der Waals surface area contributed by atoms with Crippen LogP contribution in [0.4, 0.5) is 5.69 Å². The van der Waals surface area contributed by atoms with Gasteiger partial charge in [0.25, 0.3) is 0 Å². The van der Waals surface area contributed by atoms with Crippen LogP contribution in [-0.4, -0.2) is 50.2 Å². The molecule has 112 valence electrons. The summed E-state index contributed by atoms with van der Waals surface area (Å²) in [6.07, 6.45) is 4.40. The summed E-state index contributed by atoms with van der Waals surface area (Å²) in [5.74, 6) is 0.792. The van der Waals surface area contributed by atoms with Crippen LogP contribution in [0.5, 0.6) is 0 Å². The molecule has 0 radical (unpaired) electrons. The molecule has 4 heteroatoms. The van der Waals surface area contributed by atoms with Gasteiger partial charge in [-0.1, -0.05) is 6.92 Å². The summed E-state index contributed by atoms with van der Waals surface area (Å²) in [5, 5.41) is 3.41. The first-order chi connectivity index (χ1) is 9.69. The van der Waals surface area contributed by atoms with Crippen molar-refractivity contribution in [3.8, 4) is 0 Å². The summed E-state index contributed by atoms with van der Waals surface area (Å²) in [7, 11) is 4.40. The fourth-order valence-electron chi connectivity index (χ4n) is 2.86. The number of nitrogens with one attached hydrogen (secondary N) is 1. The summed E-state index contributed by atoms with van der Waals surface area (Å²) >= 11 is 0. The number of rotatable bonds is 7. The van der Waals surface area contributed by atoms with Crippen molar-refractivity contribution < 1.29 is 0 Å². The van der Waals surface area contributed by atoms with Gasteiger partial charge in [-0.3, -0.25) is 4.98 Å². The highest BCUT2D eigenvalue weighted by Crippen LogP contribution is 2.19. The smallest absolute Gasteiger partial charge is 0.0562 e. The zero-order valence-corrected chi connectivity index (χ0v) is 13.1. The second kappa shape index (κ2) is 7.60. The minimum Gasteiger partial charge on any atom is -0.374 e. The van der Waals surface area contributed by atoms with Gasteiger partial charge in [-0.05, 0) is 51.0 Å². The van der Waals surface area contributed by atoms with Crippen LogP contribution < -0.4 is 10.2 Å². The molecule has 4 nitrogen and oxygen atoms in total. The Morgan fingerprint density at radius 2 is 2.35 bits per heavy atom. The molecule has 1 atom stereocenters. The third-order valence-electron chi connectivity index (χ3n) is 3.99. The number of anilines is 1. The maximum atomic E-state index is 4.44. The van der Waals surface area contributed by atoms with Crippen molar-refractivity contribution in [1.29, 1.82) is 0 Å². The molecule has 0 aliphatic carbocycles. The average Bonchev–Trinajstić information content (AvgIpc) is 2.85.